The summed E-state index contributed by atoms with van der Waals surface area (Å²) < 4.78 is 10.8. The molecule has 0 spiro atoms. The second-order valence-electron chi connectivity index (χ2n) is 3.50. The third kappa shape index (κ3) is 1.82. The molecule has 1 N–H and O–H groups in total. The number of hydrogen-bond donors (Lipinski definition) is 1. The Bertz CT molecular complexity index is 716. The van der Waals surface area contributed by atoms with E-state index >= 15 is 0 Å². The molecule has 3 rings (SSSR count). The van der Waals surface area contributed by atoms with Crippen LogP contribution in [0, 0.1) is 0 Å². The lowest BCUT2D eigenvalue weighted by atomic mass is 10.3. The molecule has 0 radical (unpaired) electrons. The van der Waals surface area contributed by atoms with Gasteiger partial charge in [0.15, 0.2) is 0 Å². The minimum Gasteiger partial charge on any atom is -0.477 e. The van der Waals surface area contributed by atoms with Crippen LogP contribution in [0.5, 0.6) is 11.6 Å². The number of fused-ring (bicyclic) bond motifs is 1. The van der Waals surface area contributed by atoms with Gasteiger partial charge in [0, 0.05) is 17.6 Å². The van der Waals surface area contributed by atoms with E-state index in [1.54, 1.807) is 30.0 Å². The molecular weight excluding hydrogens is 254 g/mol. The highest BCUT2D eigenvalue weighted by molar-refractivity contribution is 7.12. The molecule has 0 aromatic carbocycles. The largest absolute Gasteiger partial charge is 0.477 e. The normalized spacial score (nSPS) is 10.7. The monoisotopic (exact) mass is 261 g/mol. The van der Waals surface area contributed by atoms with Crippen molar-refractivity contribution in [2.75, 3.05) is 0 Å². The number of carboxylic acid groups (broad SMARTS) is 1. The highest BCUT2D eigenvalue weighted by atomic mass is 32.1. The summed E-state index contributed by atoms with van der Waals surface area (Å²) in [6, 6.07) is 4.95. The average Bonchev–Trinajstić information content (AvgIpc) is 2.97. The molecule has 3 aromatic heterocycles. The van der Waals surface area contributed by atoms with E-state index in [1.165, 1.54) is 6.07 Å². The summed E-state index contributed by atoms with van der Waals surface area (Å²) in [7, 11) is 0. The molecule has 0 aliphatic heterocycles. The Hall–Kier alpha value is -2.34. The quantitative estimate of drug-likeness (QED) is 0.782. The second kappa shape index (κ2) is 4.15. The van der Waals surface area contributed by atoms with E-state index in [9.17, 15) is 4.79 Å². The zero-order chi connectivity index (χ0) is 12.5. The number of carbonyl (C=O) groups is 1. The van der Waals surface area contributed by atoms with Gasteiger partial charge < -0.3 is 14.3 Å². The van der Waals surface area contributed by atoms with Gasteiger partial charge in [-0.15, -0.1) is 11.3 Å². The summed E-state index contributed by atoms with van der Waals surface area (Å²) in [4.78, 5) is 15.1. The van der Waals surface area contributed by atoms with E-state index in [0.717, 1.165) is 16.7 Å². The van der Waals surface area contributed by atoms with Crippen LogP contribution in [-0.2, 0) is 0 Å². The van der Waals surface area contributed by atoms with Crippen LogP contribution in [0.15, 0.2) is 40.5 Å². The molecule has 0 saturated heterocycles. The Kier molecular flexibility index (Phi) is 2.49. The molecule has 90 valence electrons. The molecular formula is C12H7NO4S. The van der Waals surface area contributed by atoms with Crippen molar-refractivity contribution in [3.63, 3.8) is 0 Å². The Balaban J connectivity index is 1.96. The van der Waals surface area contributed by atoms with Crippen LogP contribution in [0.1, 0.15) is 9.67 Å². The molecule has 0 unspecified atom stereocenters. The fraction of sp³-hybridized carbons (Fsp3) is 0. The van der Waals surface area contributed by atoms with E-state index in [4.69, 9.17) is 14.3 Å². The number of aromatic nitrogens is 1. The van der Waals surface area contributed by atoms with Gasteiger partial charge in [0.2, 0.25) is 5.88 Å². The number of ether oxygens (including phenoxy) is 1. The molecule has 3 heterocycles. The van der Waals surface area contributed by atoms with E-state index in [0.29, 0.717) is 17.2 Å². The fourth-order valence-corrected chi connectivity index (χ4v) is 2.19. The molecule has 0 saturated carbocycles. The van der Waals surface area contributed by atoms with Crippen molar-refractivity contribution in [1.29, 1.82) is 0 Å². The predicted octanol–water partition coefficient (Wildman–Crippen LogP) is 3.38. The topological polar surface area (TPSA) is 72.6 Å². The molecule has 3 aromatic rings. The molecule has 0 atom stereocenters. The highest BCUT2D eigenvalue weighted by Gasteiger charge is 2.11. The lowest BCUT2D eigenvalue weighted by Gasteiger charge is -2.01. The van der Waals surface area contributed by atoms with E-state index in [2.05, 4.69) is 4.98 Å². The number of nitrogens with zero attached hydrogens (tertiary/aromatic N) is 1. The third-order valence-corrected chi connectivity index (χ3v) is 3.24. The maximum atomic E-state index is 10.8. The molecule has 5 nitrogen and oxygen atoms in total. The Morgan fingerprint density at radius 3 is 3.11 bits per heavy atom. The summed E-state index contributed by atoms with van der Waals surface area (Å²) in [5.74, 6) is -0.112. The van der Waals surface area contributed by atoms with Crippen LogP contribution in [-0.4, -0.2) is 16.1 Å². The van der Waals surface area contributed by atoms with Gasteiger partial charge in [0.25, 0.3) is 0 Å². The number of hydrogen-bond acceptors (Lipinski definition) is 5. The van der Waals surface area contributed by atoms with Gasteiger partial charge in [-0.2, -0.15) is 0 Å². The van der Waals surface area contributed by atoms with Crippen molar-refractivity contribution in [2.45, 2.75) is 0 Å². The first-order valence-corrected chi connectivity index (χ1v) is 5.94. The van der Waals surface area contributed by atoms with Gasteiger partial charge in [-0.05, 0) is 12.1 Å². The van der Waals surface area contributed by atoms with Gasteiger partial charge in [-0.3, -0.25) is 0 Å². The van der Waals surface area contributed by atoms with Gasteiger partial charge in [-0.25, -0.2) is 9.78 Å². The van der Waals surface area contributed by atoms with Crippen molar-refractivity contribution in [3.05, 3.63) is 40.9 Å². The zero-order valence-corrected chi connectivity index (χ0v) is 9.81. The molecule has 0 fully saturated rings. The van der Waals surface area contributed by atoms with Crippen LogP contribution >= 0.6 is 11.3 Å². The average molecular weight is 261 g/mol. The minimum atomic E-state index is -0.968. The Morgan fingerprint density at radius 2 is 2.33 bits per heavy atom. The van der Waals surface area contributed by atoms with Crippen LogP contribution in [0.4, 0.5) is 0 Å². The van der Waals surface area contributed by atoms with E-state index in [-0.39, 0.29) is 4.88 Å². The zero-order valence-electron chi connectivity index (χ0n) is 8.99. The van der Waals surface area contributed by atoms with Crippen LogP contribution < -0.4 is 4.74 Å². The van der Waals surface area contributed by atoms with Crippen molar-refractivity contribution in [2.24, 2.45) is 0 Å². The number of aromatic carboxylic acids is 1. The van der Waals surface area contributed by atoms with Gasteiger partial charge in [-0.1, -0.05) is 0 Å². The van der Waals surface area contributed by atoms with Crippen LogP contribution in [0.25, 0.3) is 11.0 Å². The molecule has 0 amide bonds. The lowest BCUT2D eigenvalue weighted by Crippen LogP contribution is -1.90. The number of thiophene rings is 1. The Morgan fingerprint density at radius 1 is 1.44 bits per heavy atom. The summed E-state index contributed by atoms with van der Waals surface area (Å²) in [6.45, 7) is 0. The lowest BCUT2D eigenvalue weighted by molar-refractivity contribution is 0.0702. The third-order valence-electron chi connectivity index (χ3n) is 2.34. The number of rotatable bonds is 3. The van der Waals surface area contributed by atoms with Crippen LogP contribution in [0.2, 0.25) is 0 Å². The first-order chi connectivity index (χ1) is 8.74. The molecule has 18 heavy (non-hydrogen) atoms. The van der Waals surface area contributed by atoms with Crippen molar-refractivity contribution >= 4 is 28.3 Å². The van der Waals surface area contributed by atoms with E-state index in [1.807, 2.05) is 0 Å². The van der Waals surface area contributed by atoms with Crippen LogP contribution in [0.3, 0.4) is 0 Å². The predicted molar refractivity (Wildman–Crippen MR) is 65.4 cm³/mol. The minimum absolute atomic E-state index is 0.226. The molecule has 6 heteroatoms. The van der Waals surface area contributed by atoms with Gasteiger partial charge in [0.05, 0.1) is 11.6 Å². The standard InChI is InChI=1S/C12H7NO4S/c14-12(15)10-5-7(6-18-10)17-11-8-2-4-16-9(8)1-3-13-11/h1-6H,(H,14,15). The molecule has 0 aliphatic rings. The number of pyridine rings is 1. The summed E-state index contributed by atoms with van der Waals surface area (Å²) in [6.07, 6.45) is 3.13. The Labute approximate surface area is 105 Å². The van der Waals surface area contributed by atoms with Crippen molar-refractivity contribution in [1.82, 2.24) is 4.98 Å². The maximum Gasteiger partial charge on any atom is 0.346 e. The van der Waals surface area contributed by atoms with E-state index < -0.39 is 5.97 Å². The van der Waals surface area contributed by atoms with Gasteiger partial charge >= 0.3 is 5.97 Å². The number of furan rings is 1. The highest BCUT2D eigenvalue weighted by Crippen LogP contribution is 2.30. The second-order valence-corrected chi connectivity index (χ2v) is 4.41. The van der Waals surface area contributed by atoms with Crippen molar-refractivity contribution in [3.8, 4) is 11.6 Å². The summed E-state index contributed by atoms with van der Waals surface area (Å²) in [5.41, 5.74) is 0.675. The fourth-order valence-electron chi connectivity index (χ4n) is 1.55. The molecule has 0 aliphatic carbocycles. The molecule has 0 bridgehead atoms. The smallest absolute Gasteiger partial charge is 0.346 e. The first kappa shape index (κ1) is 10.8. The SMILES string of the molecule is O=C(O)c1cc(Oc2nccc3occc23)cs1. The van der Waals surface area contributed by atoms with Crippen molar-refractivity contribution < 1.29 is 19.1 Å². The van der Waals surface area contributed by atoms with Gasteiger partial charge in [0.1, 0.15) is 16.2 Å². The first-order valence-electron chi connectivity index (χ1n) is 5.06. The summed E-state index contributed by atoms with van der Waals surface area (Å²) >= 11 is 1.11. The summed E-state index contributed by atoms with van der Waals surface area (Å²) in [5, 5.41) is 11.2. The number of carboxylic acids is 1. The maximum absolute atomic E-state index is 10.8.